The minimum atomic E-state index is -0.00414. The fourth-order valence-corrected chi connectivity index (χ4v) is 8.11. The molecule has 3 aromatic carbocycles. The highest BCUT2D eigenvalue weighted by molar-refractivity contribution is 6.03. The summed E-state index contributed by atoms with van der Waals surface area (Å²) >= 11 is 0. The van der Waals surface area contributed by atoms with E-state index in [1.54, 1.807) is 7.11 Å². The molecule has 5 aromatic rings. The Morgan fingerprint density at radius 1 is 1.04 bits per heavy atom. The second kappa shape index (κ2) is 9.72. The summed E-state index contributed by atoms with van der Waals surface area (Å²) in [5.74, 6) is 2.47. The van der Waals surface area contributed by atoms with E-state index in [2.05, 4.69) is 47.1 Å². The van der Waals surface area contributed by atoms with Crippen LogP contribution < -0.4 is 15.8 Å². The van der Waals surface area contributed by atoms with E-state index in [1.807, 2.05) is 29.2 Å². The number of furan rings is 1. The number of piperidine rings is 1. The van der Waals surface area contributed by atoms with Gasteiger partial charge in [0.15, 0.2) is 5.76 Å². The van der Waals surface area contributed by atoms with E-state index in [0.29, 0.717) is 35.3 Å². The topological polar surface area (TPSA) is 103 Å². The van der Waals surface area contributed by atoms with Gasteiger partial charge in [-0.2, -0.15) is 0 Å². The van der Waals surface area contributed by atoms with Crippen LogP contribution in [0.4, 0.5) is 0 Å². The third-order valence-corrected chi connectivity index (χ3v) is 10.8. The maximum absolute atomic E-state index is 13.7. The predicted octanol–water partition coefficient (Wildman–Crippen LogP) is 6.25. The zero-order valence-corrected chi connectivity index (χ0v) is 25.6. The molecule has 8 heteroatoms. The lowest BCUT2D eigenvalue weighted by atomic mass is 9.99. The molecule has 228 valence electrons. The first-order valence-corrected chi connectivity index (χ1v) is 16.1. The summed E-state index contributed by atoms with van der Waals surface area (Å²) in [4.78, 5) is 27.8. The molecule has 3 atom stereocenters. The number of ether oxygens (including phenoxy) is 1. The number of carbonyl (C=O) groups is 2. The molecule has 3 N–H and O–H groups in total. The normalized spacial score (nSPS) is 22.1. The molecule has 2 aliphatic carbocycles. The van der Waals surface area contributed by atoms with Gasteiger partial charge in [0.2, 0.25) is 0 Å². The number of hydrogen-bond donors (Lipinski definition) is 2. The summed E-state index contributed by atoms with van der Waals surface area (Å²) in [6.07, 6.45) is 4.52. The number of nitrogens with zero attached hydrogens (tertiary/aromatic N) is 2. The third-order valence-electron chi connectivity index (χ3n) is 10.8. The highest BCUT2D eigenvalue weighted by atomic mass is 16.5. The van der Waals surface area contributed by atoms with Crippen LogP contribution >= 0.6 is 0 Å². The van der Waals surface area contributed by atoms with Crippen LogP contribution in [0.5, 0.6) is 5.75 Å². The maximum Gasteiger partial charge on any atom is 0.254 e. The van der Waals surface area contributed by atoms with Gasteiger partial charge in [-0.1, -0.05) is 18.2 Å². The monoisotopic (exact) mass is 600 g/mol. The zero-order chi connectivity index (χ0) is 30.6. The van der Waals surface area contributed by atoms with Crippen molar-refractivity contribution in [1.29, 1.82) is 0 Å². The van der Waals surface area contributed by atoms with Crippen molar-refractivity contribution < 1.29 is 18.7 Å². The Morgan fingerprint density at radius 2 is 1.87 bits per heavy atom. The van der Waals surface area contributed by atoms with Crippen molar-refractivity contribution in [3.8, 4) is 28.3 Å². The van der Waals surface area contributed by atoms with Gasteiger partial charge >= 0.3 is 0 Å². The predicted molar refractivity (Wildman–Crippen MR) is 173 cm³/mol. The van der Waals surface area contributed by atoms with Gasteiger partial charge in [0.05, 0.1) is 18.2 Å². The Morgan fingerprint density at radius 3 is 2.62 bits per heavy atom. The molecule has 8 nitrogen and oxygen atoms in total. The quantitative estimate of drug-likeness (QED) is 0.240. The molecule has 4 aliphatic rings. The van der Waals surface area contributed by atoms with Crippen LogP contribution in [0.1, 0.15) is 57.5 Å². The molecule has 45 heavy (non-hydrogen) atoms. The molecule has 2 saturated carbocycles. The van der Waals surface area contributed by atoms with Gasteiger partial charge in [0.1, 0.15) is 11.3 Å². The molecule has 2 aromatic heterocycles. The molecule has 3 fully saturated rings. The summed E-state index contributed by atoms with van der Waals surface area (Å²) in [6.45, 7) is 4.28. The van der Waals surface area contributed by atoms with E-state index < -0.39 is 0 Å². The third kappa shape index (κ3) is 4.08. The van der Waals surface area contributed by atoms with Gasteiger partial charge in [-0.25, -0.2) is 0 Å². The number of methoxy groups -OCH3 is 1. The number of amides is 2. The first-order valence-electron chi connectivity index (χ1n) is 16.1. The van der Waals surface area contributed by atoms with Gasteiger partial charge in [-0.15, -0.1) is 0 Å². The van der Waals surface area contributed by atoms with Crippen LogP contribution in [0.3, 0.4) is 0 Å². The maximum atomic E-state index is 13.7. The molecule has 1 saturated heterocycles. The first-order chi connectivity index (χ1) is 21.9. The molecule has 2 amide bonds. The Balaban J connectivity index is 1.15. The van der Waals surface area contributed by atoms with Gasteiger partial charge < -0.3 is 29.7 Å². The van der Waals surface area contributed by atoms with Crippen LogP contribution in [0.2, 0.25) is 0 Å². The average molecular weight is 601 g/mol. The van der Waals surface area contributed by atoms with E-state index in [0.717, 1.165) is 81.5 Å². The van der Waals surface area contributed by atoms with Gasteiger partial charge in [0.25, 0.3) is 11.8 Å². The molecular weight excluding hydrogens is 564 g/mol. The molecule has 0 spiro atoms. The Hall–Kier alpha value is -4.56. The average Bonchev–Trinajstić information content (AvgIpc) is 3.26. The van der Waals surface area contributed by atoms with E-state index in [4.69, 9.17) is 14.9 Å². The summed E-state index contributed by atoms with van der Waals surface area (Å²) in [7, 11) is 1.65. The number of nitrogens with two attached hydrogens (primary N) is 1. The number of aromatic nitrogens is 1. The Bertz CT molecular complexity index is 2070. The highest BCUT2D eigenvalue weighted by Gasteiger charge is 2.47. The number of nitrogens with one attached hydrogen (secondary N) is 1. The van der Waals surface area contributed by atoms with Crippen LogP contribution in [-0.4, -0.2) is 47.0 Å². The van der Waals surface area contributed by atoms with Crippen molar-refractivity contribution in [3.63, 3.8) is 0 Å². The standard InChI is InChI=1S/C37H36N4O4/c1-19-33-31(44-2)14-25(37(43)41-18-24-8-10-28(41)34(24)38)15-32(33)45-35(19)30-13-23-6-5-22(12-29(23)40(30)17-20-3-4-20)21-7-9-27-26(11-21)16-39-36(27)42/h5-7,9,11-15,20,24,28,34H,3-4,8,10,16-18,38H2,1-2H3,(H,39,42)/t24?,28?,34-/m1/s1. The van der Waals surface area contributed by atoms with Crippen molar-refractivity contribution >= 4 is 33.7 Å². The van der Waals surface area contributed by atoms with Crippen LogP contribution in [0, 0.1) is 18.8 Å². The number of hydrogen-bond acceptors (Lipinski definition) is 5. The lowest BCUT2D eigenvalue weighted by Crippen LogP contribution is -2.41. The fourth-order valence-electron chi connectivity index (χ4n) is 8.11. The van der Waals surface area contributed by atoms with Crippen molar-refractivity contribution in [1.82, 2.24) is 14.8 Å². The number of carbonyl (C=O) groups excluding carboxylic acids is 2. The SMILES string of the molecule is COc1cc(C(=O)N2CC3CCC2[C@@H]3N)cc2oc(-c3cc4ccc(-c5ccc6c(c5)CNC6=O)cc4n3CC3CC3)c(C)c12. The smallest absolute Gasteiger partial charge is 0.254 e. The van der Waals surface area contributed by atoms with Crippen LogP contribution in [0.25, 0.3) is 44.5 Å². The van der Waals surface area contributed by atoms with E-state index in [-0.39, 0.29) is 23.9 Å². The molecule has 2 bridgehead atoms. The summed E-state index contributed by atoms with van der Waals surface area (Å²) in [5.41, 5.74) is 14.9. The second-order valence-electron chi connectivity index (χ2n) is 13.5. The molecule has 0 radical (unpaired) electrons. The number of likely N-dealkylation sites (tertiary alicyclic amines) is 1. The van der Waals surface area contributed by atoms with Gasteiger partial charge in [0, 0.05) is 59.3 Å². The van der Waals surface area contributed by atoms with Gasteiger partial charge in [-0.3, -0.25) is 9.59 Å². The molecule has 2 unspecified atom stereocenters. The fraction of sp³-hybridized carbons (Fsp3) is 0.351. The summed E-state index contributed by atoms with van der Waals surface area (Å²) < 4.78 is 15.0. The highest BCUT2D eigenvalue weighted by Crippen LogP contribution is 2.44. The second-order valence-corrected chi connectivity index (χ2v) is 13.5. The molecular formula is C37H36N4O4. The Kier molecular flexibility index (Phi) is 5.79. The number of aryl methyl sites for hydroxylation is 1. The lowest BCUT2D eigenvalue weighted by Gasteiger charge is -2.27. The number of rotatable bonds is 6. The first kappa shape index (κ1) is 26.8. The molecule has 4 heterocycles. The Labute approximate surface area is 261 Å². The van der Waals surface area contributed by atoms with Gasteiger partial charge in [-0.05, 0) is 97.5 Å². The minimum absolute atomic E-state index is 0.00322. The summed E-state index contributed by atoms with van der Waals surface area (Å²) in [6, 6.07) is 18.8. The van der Waals surface area contributed by atoms with Crippen LogP contribution in [0.15, 0.2) is 59.0 Å². The largest absolute Gasteiger partial charge is 0.496 e. The van der Waals surface area contributed by atoms with E-state index in [1.165, 1.54) is 12.8 Å². The van der Waals surface area contributed by atoms with Crippen LogP contribution in [-0.2, 0) is 13.1 Å². The van der Waals surface area contributed by atoms with Crippen molar-refractivity contribution in [2.75, 3.05) is 13.7 Å². The number of fused-ring (bicyclic) bond motifs is 5. The molecule has 9 rings (SSSR count). The minimum Gasteiger partial charge on any atom is -0.496 e. The van der Waals surface area contributed by atoms with Crippen molar-refractivity contribution in [3.05, 3.63) is 76.9 Å². The van der Waals surface area contributed by atoms with E-state index in [9.17, 15) is 9.59 Å². The lowest BCUT2D eigenvalue weighted by molar-refractivity contribution is 0.0700. The number of benzene rings is 3. The molecule has 2 aliphatic heterocycles. The zero-order valence-electron chi connectivity index (χ0n) is 25.6. The van der Waals surface area contributed by atoms with E-state index >= 15 is 0 Å². The summed E-state index contributed by atoms with van der Waals surface area (Å²) in [5, 5.41) is 4.97. The van der Waals surface area contributed by atoms with Crippen molar-refractivity contribution in [2.45, 2.75) is 57.8 Å². The van der Waals surface area contributed by atoms with Crippen molar-refractivity contribution in [2.24, 2.45) is 17.6 Å².